The summed E-state index contributed by atoms with van der Waals surface area (Å²) >= 11 is 6.11. The highest BCUT2D eigenvalue weighted by atomic mass is 35.5. The largest absolute Gasteiger partial charge is 0.461 e. The molecule has 0 aliphatic heterocycles. The fourth-order valence-corrected chi connectivity index (χ4v) is 3.41. The molecule has 0 spiro atoms. The lowest BCUT2D eigenvalue weighted by Crippen LogP contribution is -2.12. The first-order chi connectivity index (χ1) is 15.9. The van der Waals surface area contributed by atoms with Crippen molar-refractivity contribution in [2.45, 2.75) is 6.92 Å². The van der Waals surface area contributed by atoms with Gasteiger partial charge in [-0.3, -0.25) is 9.48 Å². The molecule has 0 unspecified atom stereocenters. The van der Waals surface area contributed by atoms with Gasteiger partial charge in [0.1, 0.15) is 16.7 Å². The highest BCUT2D eigenvalue weighted by molar-refractivity contribution is 6.33. The quantitative estimate of drug-likeness (QED) is 0.422. The summed E-state index contributed by atoms with van der Waals surface area (Å²) in [6.07, 6.45) is 1.38. The van der Waals surface area contributed by atoms with Crippen molar-refractivity contribution >= 4 is 29.2 Å². The first kappa shape index (κ1) is 22.2. The van der Waals surface area contributed by atoms with Crippen molar-refractivity contribution in [1.82, 2.24) is 19.6 Å². The van der Waals surface area contributed by atoms with Gasteiger partial charge in [0.25, 0.3) is 5.91 Å². The van der Waals surface area contributed by atoms with Crippen LogP contribution in [0, 0.1) is 5.82 Å². The van der Waals surface area contributed by atoms with Gasteiger partial charge in [0.15, 0.2) is 5.69 Å². The second-order valence-corrected chi connectivity index (χ2v) is 7.36. The third kappa shape index (κ3) is 4.49. The van der Waals surface area contributed by atoms with Gasteiger partial charge >= 0.3 is 5.97 Å². The van der Waals surface area contributed by atoms with Crippen molar-refractivity contribution in [2.24, 2.45) is 7.05 Å². The molecule has 4 rings (SSSR count). The first-order valence-corrected chi connectivity index (χ1v) is 10.4. The molecule has 168 valence electrons. The summed E-state index contributed by atoms with van der Waals surface area (Å²) < 4.78 is 22.3. The molecule has 1 N–H and O–H groups in total. The van der Waals surface area contributed by atoms with Gasteiger partial charge in [-0.15, -0.1) is 0 Å². The Morgan fingerprint density at radius 1 is 1.15 bits per heavy atom. The van der Waals surface area contributed by atoms with E-state index < -0.39 is 17.7 Å². The zero-order valence-electron chi connectivity index (χ0n) is 17.8. The Morgan fingerprint density at radius 2 is 1.94 bits per heavy atom. The van der Waals surface area contributed by atoms with E-state index in [2.05, 4.69) is 15.5 Å². The summed E-state index contributed by atoms with van der Waals surface area (Å²) in [6.45, 7) is 1.87. The molecule has 0 saturated heterocycles. The Bertz CT molecular complexity index is 1350. The Balaban J connectivity index is 1.74. The van der Waals surface area contributed by atoms with Crippen molar-refractivity contribution < 1.29 is 18.7 Å². The van der Waals surface area contributed by atoms with Gasteiger partial charge in [-0.2, -0.15) is 10.2 Å². The van der Waals surface area contributed by atoms with Gasteiger partial charge < -0.3 is 10.1 Å². The van der Waals surface area contributed by atoms with Crippen molar-refractivity contribution in [3.05, 3.63) is 83.0 Å². The second kappa shape index (κ2) is 9.25. The predicted octanol–water partition coefficient (Wildman–Crippen LogP) is 4.49. The van der Waals surface area contributed by atoms with E-state index in [9.17, 15) is 14.0 Å². The number of para-hydroxylation sites is 1. The van der Waals surface area contributed by atoms with E-state index in [-0.39, 0.29) is 28.7 Å². The zero-order chi connectivity index (χ0) is 23.5. The van der Waals surface area contributed by atoms with Crippen LogP contribution in [0.4, 0.5) is 10.1 Å². The fourth-order valence-electron chi connectivity index (χ4n) is 3.23. The summed E-state index contributed by atoms with van der Waals surface area (Å²) in [5, 5.41) is 11.2. The molecule has 1 amide bonds. The van der Waals surface area contributed by atoms with E-state index in [0.29, 0.717) is 16.9 Å². The number of halogens is 2. The highest BCUT2D eigenvalue weighted by Crippen LogP contribution is 2.28. The number of nitrogens with zero attached hydrogens (tertiary/aromatic N) is 4. The molecule has 0 atom stereocenters. The number of carbonyl (C=O) groups excluding carboxylic acids is 2. The maximum Gasteiger partial charge on any atom is 0.358 e. The van der Waals surface area contributed by atoms with Gasteiger partial charge in [0.05, 0.1) is 24.1 Å². The van der Waals surface area contributed by atoms with Crippen LogP contribution >= 0.6 is 11.6 Å². The first-order valence-electron chi connectivity index (χ1n) is 10.0. The third-order valence-electron chi connectivity index (χ3n) is 4.80. The van der Waals surface area contributed by atoms with Crippen LogP contribution < -0.4 is 5.32 Å². The van der Waals surface area contributed by atoms with Gasteiger partial charge in [-0.05, 0) is 37.3 Å². The molecule has 2 aromatic heterocycles. The molecule has 4 aromatic rings. The van der Waals surface area contributed by atoms with Gasteiger partial charge in [-0.25, -0.2) is 13.9 Å². The molecule has 0 aliphatic carbocycles. The number of amides is 1. The standard InChI is InChI=1S/C23H19ClFN5O3/c1-3-33-23(32)18-12-20(30(28-18)19-10-5-4-9-17(19)25)14-7-6-8-15(11-14)27-22(31)16-13-26-29(2)21(16)24/h4-13H,3H2,1-2H3,(H,27,31). The number of anilines is 1. The fraction of sp³-hybridized carbons (Fsp3) is 0.130. The number of ether oxygens (including phenoxy) is 1. The van der Waals surface area contributed by atoms with Gasteiger partial charge in [0, 0.05) is 18.3 Å². The Labute approximate surface area is 193 Å². The van der Waals surface area contributed by atoms with Crippen LogP contribution in [0.2, 0.25) is 5.15 Å². The van der Waals surface area contributed by atoms with Crippen LogP contribution in [0.15, 0.2) is 60.8 Å². The molecular formula is C23H19ClFN5O3. The van der Waals surface area contributed by atoms with Crippen LogP contribution in [0.5, 0.6) is 0 Å². The summed E-state index contributed by atoms with van der Waals surface area (Å²) in [7, 11) is 1.63. The monoisotopic (exact) mass is 467 g/mol. The molecule has 10 heteroatoms. The maximum absolute atomic E-state index is 14.6. The smallest absolute Gasteiger partial charge is 0.358 e. The molecule has 33 heavy (non-hydrogen) atoms. The Hall–Kier alpha value is -3.98. The summed E-state index contributed by atoms with van der Waals surface area (Å²) in [6, 6.07) is 14.5. The SMILES string of the molecule is CCOC(=O)c1cc(-c2cccc(NC(=O)c3cnn(C)c3Cl)c2)n(-c2ccccc2F)n1. The maximum atomic E-state index is 14.6. The van der Waals surface area contributed by atoms with Crippen LogP contribution in [-0.2, 0) is 11.8 Å². The van der Waals surface area contributed by atoms with E-state index in [1.165, 1.54) is 27.7 Å². The van der Waals surface area contributed by atoms with E-state index in [4.69, 9.17) is 16.3 Å². The normalized spacial score (nSPS) is 10.8. The zero-order valence-corrected chi connectivity index (χ0v) is 18.5. The summed E-state index contributed by atoms with van der Waals surface area (Å²) in [5.74, 6) is -1.56. The minimum atomic E-state index is -0.621. The molecule has 0 saturated carbocycles. The van der Waals surface area contributed by atoms with Crippen molar-refractivity contribution in [2.75, 3.05) is 11.9 Å². The average molecular weight is 468 g/mol. The minimum Gasteiger partial charge on any atom is -0.461 e. The van der Waals surface area contributed by atoms with Crippen molar-refractivity contribution in [1.29, 1.82) is 0 Å². The Kier molecular flexibility index (Phi) is 6.23. The van der Waals surface area contributed by atoms with Crippen LogP contribution in [-0.4, -0.2) is 38.0 Å². The van der Waals surface area contributed by atoms with Crippen molar-refractivity contribution in [3.8, 4) is 16.9 Å². The van der Waals surface area contributed by atoms with E-state index in [1.807, 2.05) is 0 Å². The van der Waals surface area contributed by atoms with Crippen LogP contribution in [0.25, 0.3) is 16.9 Å². The minimum absolute atomic E-state index is 0.0340. The topological polar surface area (TPSA) is 91.0 Å². The Morgan fingerprint density at radius 3 is 2.64 bits per heavy atom. The van der Waals surface area contributed by atoms with E-state index >= 15 is 0 Å². The van der Waals surface area contributed by atoms with Crippen LogP contribution in [0.3, 0.4) is 0 Å². The van der Waals surface area contributed by atoms with Gasteiger partial charge in [-0.1, -0.05) is 35.9 Å². The highest BCUT2D eigenvalue weighted by Gasteiger charge is 2.20. The lowest BCUT2D eigenvalue weighted by Gasteiger charge is -2.10. The lowest BCUT2D eigenvalue weighted by atomic mass is 10.1. The number of esters is 1. The molecule has 0 fully saturated rings. The average Bonchev–Trinajstić information content (AvgIpc) is 3.39. The number of hydrogen-bond donors (Lipinski definition) is 1. The van der Waals surface area contributed by atoms with Crippen molar-refractivity contribution in [3.63, 3.8) is 0 Å². The number of aryl methyl sites for hydroxylation is 1. The number of hydrogen-bond acceptors (Lipinski definition) is 5. The predicted molar refractivity (Wildman–Crippen MR) is 121 cm³/mol. The van der Waals surface area contributed by atoms with Crippen LogP contribution in [0.1, 0.15) is 27.8 Å². The number of nitrogens with one attached hydrogen (secondary N) is 1. The number of carbonyl (C=O) groups is 2. The van der Waals surface area contributed by atoms with E-state index in [1.54, 1.807) is 56.4 Å². The molecule has 0 radical (unpaired) electrons. The molecule has 8 nitrogen and oxygen atoms in total. The molecular weight excluding hydrogens is 449 g/mol. The molecule has 0 aliphatic rings. The lowest BCUT2D eigenvalue weighted by molar-refractivity contribution is 0.0518. The number of benzene rings is 2. The molecule has 2 aromatic carbocycles. The molecule has 0 bridgehead atoms. The van der Waals surface area contributed by atoms with Gasteiger partial charge in [0.2, 0.25) is 0 Å². The summed E-state index contributed by atoms with van der Waals surface area (Å²) in [5.41, 5.74) is 1.93. The second-order valence-electron chi connectivity index (χ2n) is 7.01. The summed E-state index contributed by atoms with van der Waals surface area (Å²) in [4.78, 5) is 24.9. The molecule has 2 heterocycles. The number of rotatable bonds is 6. The van der Waals surface area contributed by atoms with E-state index in [0.717, 1.165) is 0 Å². The number of aromatic nitrogens is 4. The third-order valence-corrected chi connectivity index (χ3v) is 5.25.